The van der Waals surface area contributed by atoms with Crippen LogP contribution in [0.25, 0.3) is 5.82 Å². The van der Waals surface area contributed by atoms with E-state index in [1.165, 1.54) is 12.1 Å². The first-order chi connectivity index (χ1) is 11.5. The molecule has 3 aromatic rings. The van der Waals surface area contributed by atoms with Crippen LogP contribution in [0.1, 0.15) is 26.4 Å². The molecular formula is C16H13N5O3. The van der Waals surface area contributed by atoms with Crippen LogP contribution in [0.2, 0.25) is 0 Å². The third-order valence-corrected chi connectivity index (χ3v) is 3.31. The smallest absolute Gasteiger partial charge is 0.337 e. The average molecular weight is 323 g/mol. The third-order valence-electron chi connectivity index (χ3n) is 3.31. The summed E-state index contributed by atoms with van der Waals surface area (Å²) >= 11 is 0. The monoisotopic (exact) mass is 323 g/mol. The molecule has 0 atom stereocenters. The Kier molecular flexibility index (Phi) is 4.02. The molecule has 0 spiro atoms. The minimum Gasteiger partial charge on any atom is -0.478 e. The molecule has 0 saturated heterocycles. The van der Waals surface area contributed by atoms with Crippen LogP contribution in [0, 0.1) is 6.92 Å². The fourth-order valence-electron chi connectivity index (χ4n) is 2.11. The molecule has 24 heavy (non-hydrogen) atoms. The van der Waals surface area contributed by atoms with E-state index in [0.717, 1.165) is 5.56 Å². The van der Waals surface area contributed by atoms with Crippen molar-refractivity contribution in [2.45, 2.75) is 6.92 Å². The molecule has 1 amide bonds. The molecule has 2 heterocycles. The lowest BCUT2D eigenvalue weighted by Gasteiger charge is -2.09. The van der Waals surface area contributed by atoms with Gasteiger partial charge in [0.2, 0.25) is 0 Å². The molecule has 0 bridgehead atoms. The van der Waals surface area contributed by atoms with Gasteiger partial charge in [-0.15, -0.1) is 10.2 Å². The van der Waals surface area contributed by atoms with Crippen LogP contribution in [-0.2, 0) is 0 Å². The van der Waals surface area contributed by atoms with Gasteiger partial charge in [-0.1, -0.05) is 11.6 Å². The van der Waals surface area contributed by atoms with Gasteiger partial charge >= 0.3 is 5.97 Å². The lowest BCUT2D eigenvalue weighted by molar-refractivity contribution is 0.0698. The quantitative estimate of drug-likeness (QED) is 0.759. The second-order valence-electron chi connectivity index (χ2n) is 5.06. The standard InChI is InChI=1S/C16H13N5O3/c1-10-2-3-12(11(8-10)16(23)24)18-15(22)13-4-5-14(20-19-13)21-7-6-17-9-21/h2-9H,1H3,(H,18,22)(H,23,24). The van der Waals surface area contributed by atoms with Gasteiger partial charge in [-0.25, -0.2) is 9.78 Å². The van der Waals surface area contributed by atoms with Crippen molar-refractivity contribution in [2.75, 3.05) is 5.32 Å². The average Bonchev–Trinajstić information content (AvgIpc) is 3.11. The van der Waals surface area contributed by atoms with E-state index in [1.807, 2.05) is 0 Å². The van der Waals surface area contributed by atoms with Gasteiger partial charge in [0.1, 0.15) is 6.33 Å². The van der Waals surface area contributed by atoms with Crippen molar-refractivity contribution in [3.63, 3.8) is 0 Å². The Bertz CT molecular complexity index is 889. The minimum absolute atomic E-state index is 0.0198. The van der Waals surface area contributed by atoms with Gasteiger partial charge in [0, 0.05) is 12.4 Å². The highest BCUT2D eigenvalue weighted by molar-refractivity contribution is 6.06. The number of carbonyl (C=O) groups is 2. The number of aromatic carboxylic acids is 1. The maximum absolute atomic E-state index is 12.2. The summed E-state index contributed by atoms with van der Waals surface area (Å²) in [7, 11) is 0. The van der Waals surface area contributed by atoms with Crippen molar-refractivity contribution in [1.82, 2.24) is 19.7 Å². The van der Waals surface area contributed by atoms with Crippen LogP contribution >= 0.6 is 0 Å². The van der Waals surface area contributed by atoms with Crippen LogP contribution in [0.4, 0.5) is 5.69 Å². The van der Waals surface area contributed by atoms with E-state index in [0.29, 0.717) is 5.82 Å². The molecule has 0 aliphatic heterocycles. The predicted octanol–water partition coefficient (Wildman–Crippen LogP) is 1.92. The number of nitrogens with zero attached hydrogens (tertiary/aromatic N) is 4. The van der Waals surface area contributed by atoms with Crippen molar-refractivity contribution in [2.24, 2.45) is 0 Å². The van der Waals surface area contributed by atoms with Crippen LogP contribution in [0.3, 0.4) is 0 Å². The first-order valence-electron chi connectivity index (χ1n) is 7.02. The topological polar surface area (TPSA) is 110 Å². The molecule has 8 nitrogen and oxygen atoms in total. The fourth-order valence-corrected chi connectivity index (χ4v) is 2.11. The molecule has 0 aliphatic rings. The summed E-state index contributed by atoms with van der Waals surface area (Å²) in [6, 6.07) is 7.88. The van der Waals surface area contributed by atoms with E-state index >= 15 is 0 Å². The van der Waals surface area contributed by atoms with E-state index in [4.69, 9.17) is 0 Å². The number of carboxylic acid groups (broad SMARTS) is 1. The first-order valence-corrected chi connectivity index (χ1v) is 7.02. The maximum Gasteiger partial charge on any atom is 0.337 e. The second kappa shape index (κ2) is 6.29. The lowest BCUT2D eigenvalue weighted by Crippen LogP contribution is -2.17. The zero-order chi connectivity index (χ0) is 17.1. The largest absolute Gasteiger partial charge is 0.478 e. The lowest BCUT2D eigenvalue weighted by atomic mass is 10.1. The van der Waals surface area contributed by atoms with E-state index in [-0.39, 0.29) is 16.9 Å². The number of hydrogen-bond acceptors (Lipinski definition) is 5. The first kappa shape index (κ1) is 15.3. The molecular weight excluding hydrogens is 310 g/mol. The molecule has 0 saturated carbocycles. The summed E-state index contributed by atoms with van der Waals surface area (Å²) < 4.78 is 1.65. The highest BCUT2D eigenvalue weighted by Gasteiger charge is 2.15. The third kappa shape index (κ3) is 3.12. The Morgan fingerprint density at radius 3 is 2.62 bits per heavy atom. The van der Waals surface area contributed by atoms with Gasteiger partial charge < -0.3 is 10.4 Å². The molecule has 2 aromatic heterocycles. The Morgan fingerprint density at radius 1 is 1.17 bits per heavy atom. The molecule has 1 aromatic carbocycles. The molecule has 8 heteroatoms. The number of carbonyl (C=O) groups excluding carboxylic acids is 1. The Morgan fingerprint density at radius 2 is 2.00 bits per heavy atom. The molecule has 2 N–H and O–H groups in total. The van der Waals surface area contributed by atoms with Gasteiger partial charge in [0.05, 0.1) is 11.3 Å². The number of amides is 1. The van der Waals surface area contributed by atoms with Crippen LogP contribution in [0.5, 0.6) is 0 Å². The summed E-state index contributed by atoms with van der Waals surface area (Å²) in [5.41, 5.74) is 1.09. The SMILES string of the molecule is Cc1ccc(NC(=O)c2ccc(-n3ccnc3)nn2)c(C(=O)O)c1. The summed E-state index contributed by atoms with van der Waals surface area (Å²) in [6.07, 6.45) is 4.87. The number of carboxylic acids is 1. The number of imidazole rings is 1. The van der Waals surface area contributed by atoms with Crippen molar-refractivity contribution in [3.05, 3.63) is 65.9 Å². The summed E-state index contributed by atoms with van der Waals surface area (Å²) in [4.78, 5) is 27.4. The van der Waals surface area contributed by atoms with Gasteiger partial charge in [-0.05, 0) is 31.2 Å². The molecule has 0 radical (unpaired) electrons. The van der Waals surface area contributed by atoms with Crippen molar-refractivity contribution in [1.29, 1.82) is 0 Å². The van der Waals surface area contributed by atoms with Crippen LogP contribution in [-0.4, -0.2) is 36.7 Å². The number of aryl methyl sites for hydroxylation is 1. The number of rotatable bonds is 4. The van der Waals surface area contributed by atoms with Crippen molar-refractivity contribution in [3.8, 4) is 5.82 Å². The molecule has 0 fully saturated rings. The number of hydrogen-bond donors (Lipinski definition) is 2. The molecule has 0 unspecified atom stereocenters. The van der Waals surface area contributed by atoms with Crippen molar-refractivity contribution >= 4 is 17.6 Å². The number of nitrogens with one attached hydrogen (secondary N) is 1. The summed E-state index contributed by atoms with van der Waals surface area (Å²) in [6.45, 7) is 1.78. The Balaban J connectivity index is 1.82. The molecule has 0 aliphatic carbocycles. The zero-order valence-electron chi connectivity index (χ0n) is 12.7. The van der Waals surface area contributed by atoms with E-state index in [9.17, 15) is 14.7 Å². The normalized spacial score (nSPS) is 10.4. The Labute approximate surface area is 136 Å². The summed E-state index contributed by atoms with van der Waals surface area (Å²) in [5, 5.41) is 19.6. The maximum atomic E-state index is 12.2. The van der Waals surface area contributed by atoms with E-state index < -0.39 is 11.9 Å². The van der Waals surface area contributed by atoms with E-state index in [1.54, 1.807) is 48.4 Å². The van der Waals surface area contributed by atoms with Crippen LogP contribution < -0.4 is 5.32 Å². The van der Waals surface area contributed by atoms with Crippen molar-refractivity contribution < 1.29 is 14.7 Å². The van der Waals surface area contributed by atoms with Gasteiger partial charge in [0.15, 0.2) is 11.5 Å². The minimum atomic E-state index is -1.12. The number of aromatic nitrogens is 4. The number of anilines is 1. The van der Waals surface area contributed by atoms with Gasteiger partial charge in [-0.3, -0.25) is 9.36 Å². The zero-order valence-corrected chi connectivity index (χ0v) is 12.7. The van der Waals surface area contributed by atoms with Crippen LogP contribution in [0.15, 0.2) is 49.1 Å². The highest BCUT2D eigenvalue weighted by atomic mass is 16.4. The Hall–Kier alpha value is -3.55. The predicted molar refractivity (Wildman–Crippen MR) is 85.2 cm³/mol. The highest BCUT2D eigenvalue weighted by Crippen LogP contribution is 2.18. The van der Waals surface area contributed by atoms with E-state index in [2.05, 4.69) is 20.5 Å². The second-order valence-corrected chi connectivity index (χ2v) is 5.06. The molecule has 3 rings (SSSR count). The molecule has 120 valence electrons. The van der Waals surface area contributed by atoms with Gasteiger partial charge in [0.25, 0.3) is 5.91 Å². The summed E-state index contributed by atoms with van der Waals surface area (Å²) in [5.74, 6) is -1.13. The van der Waals surface area contributed by atoms with Gasteiger partial charge in [-0.2, -0.15) is 0 Å². The fraction of sp³-hybridized carbons (Fsp3) is 0.0625. The number of benzene rings is 1.